The summed E-state index contributed by atoms with van der Waals surface area (Å²) in [6.45, 7) is 5.70. The van der Waals surface area contributed by atoms with Gasteiger partial charge in [-0.3, -0.25) is 4.90 Å². The Morgan fingerprint density at radius 2 is 1.96 bits per heavy atom. The molecule has 0 radical (unpaired) electrons. The molecule has 1 N–H and O–H groups in total. The van der Waals surface area contributed by atoms with Crippen molar-refractivity contribution in [3.63, 3.8) is 0 Å². The van der Waals surface area contributed by atoms with Crippen LogP contribution >= 0.6 is 0 Å². The van der Waals surface area contributed by atoms with Gasteiger partial charge >= 0.3 is 0 Å². The first kappa shape index (κ1) is 20.4. The molecular formula is C21H34N2O4. The number of methoxy groups -OCH3 is 1. The maximum atomic E-state index is 10.2. The Morgan fingerprint density at radius 1 is 1.22 bits per heavy atom. The molecule has 27 heavy (non-hydrogen) atoms. The SMILES string of the molecule is COc1cc(CN(C)C2CCOCC2)ccc1OC[C@H](O)CN1CCCC1. The van der Waals surface area contributed by atoms with E-state index in [2.05, 4.69) is 22.9 Å². The summed E-state index contributed by atoms with van der Waals surface area (Å²) in [5.41, 5.74) is 1.20. The summed E-state index contributed by atoms with van der Waals surface area (Å²) in [5, 5.41) is 10.2. The summed E-state index contributed by atoms with van der Waals surface area (Å²) in [5.74, 6) is 1.41. The predicted molar refractivity (Wildman–Crippen MR) is 105 cm³/mol. The minimum absolute atomic E-state index is 0.286. The highest BCUT2D eigenvalue weighted by Gasteiger charge is 2.20. The van der Waals surface area contributed by atoms with Gasteiger partial charge in [0.05, 0.1) is 7.11 Å². The Bertz CT molecular complexity index is 571. The van der Waals surface area contributed by atoms with E-state index in [0.717, 1.165) is 51.4 Å². The van der Waals surface area contributed by atoms with Crippen LogP contribution in [-0.4, -0.2) is 80.7 Å². The minimum atomic E-state index is -0.480. The summed E-state index contributed by atoms with van der Waals surface area (Å²) in [7, 11) is 3.83. The van der Waals surface area contributed by atoms with Gasteiger partial charge in [0.15, 0.2) is 11.5 Å². The largest absolute Gasteiger partial charge is 0.493 e. The third-order valence-corrected chi connectivity index (χ3v) is 5.57. The number of nitrogens with zero attached hydrogens (tertiary/aromatic N) is 2. The number of likely N-dealkylation sites (tertiary alicyclic amines) is 1. The van der Waals surface area contributed by atoms with Crippen LogP contribution in [-0.2, 0) is 11.3 Å². The average molecular weight is 379 g/mol. The third kappa shape index (κ3) is 6.07. The highest BCUT2D eigenvalue weighted by molar-refractivity contribution is 5.43. The first-order valence-electron chi connectivity index (χ1n) is 10.1. The van der Waals surface area contributed by atoms with E-state index in [0.29, 0.717) is 18.3 Å². The van der Waals surface area contributed by atoms with Crippen LogP contribution in [0.4, 0.5) is 0 Å². The molecule has 1 atom stereocenters. The van der Waals surface area contributed by atoms with Crippen molar-refractivity contribution in [1.82, 2.24) is 9.80 Å². The van der Waals surface area contributed by atoms with Gasteiger partial charge in [0.1, 0.15) is 12.7 Å². The van der Waals surface area contributed by atoms with Crippen molar-refractivity contribution in [1.29, 1.82) is 0 Å². The molecule has 1 aromatic carbocycles. The molecule has 3 rings (SSSR count). The van der Waals surface area contributed by atoms with Crippen molar-refractivity contribution in [3.8, 4) is 11.5 Å². The lowest BCUT2D eigenvalue weighted by Crippen LogP contribution is -2.36. The van der Waals surface area contributed by atoms with Gasteiger partial charge in [-0.15, -0.1) is 0 Å². The lowest BCUT2D eigenvalue weighted by Gasteiger charge is -2.31. The minimum Gasteiger partial charge on any atom is -0.493 e. The van der Waals surface area contributed by atoms with Gasteiger partial charge in [-0.1, -0.05) is 6.07 Å². The molecule has 0 amide bonds. The summed E-state index contributed by atoms with van der Waals surface area (Å²) in [6.07, 6.45) is 4.15. The van der Waals surface area contributed by atoms with Crippen molar-refractivity contribution in [2.45, 2.75) is 44.4 Å². The summed E-state index contributed by atoms with van der Waals surface area (Å²) >= 11 is 0. The van der Waals surface area contributed by atoms with Crippen molar-refractivity contribution < 1.29 is 19.3 Å². The van der Waals surface area contributed by atoms with Crippen LogP contribution in [0.2, 0.25) is 0 Å². The normalized spacial score (nSPS) is 20.1. The number of benzene rings is 1. The standard InChI is InChI=1S/C21H34N2O4/c1-22(18-7-11-26-12-8-18)14-17-5-6-20(21(13-17)25-2)27-16-19(24)15-23-9-3-4-10-23/h5-6,13,18-19,24H,3-4,7-12,14-16H2,1-2H3/t19-/m1/s1. The summed E-state index contributed by atoms with van der Waals surface area (Å²) in [4.78, 5) is 4.68. The fraction of sp³-hybridized carbons (Fsp3) is 0.714. The summed E-state index contributed by atoms with van der Waals surface area (Å²) < 4.78 is 16.8. The Balaban J connectivity index is 1.51. The second kappa shape index (κ2) is 10.3. The number of hydrogen-bond acceptors (Lipinski definition) is 6. The zero-order chi connectivity index (χ0) is 19.1. The van der Waals surface area contributed by atoms with E-state index in [1.807, 2.05) is 12.1 Å². The molecule has 1 aromatic rings. The van der Waals surface area contributed by atoms with Gasteiger partial charge in [0.25, 0.3) is 0 Å². The number of aliphatic hydroxyl groups is 1. The fourth-order valence-corrected chi connectivity index (χ4v) is 3.97. The molecule has 0 aromatic heterocycles. The van der Waals surface area contributed by atoms with Gasteiger partial charge in [-0.2, -0.15) is 0 Å². The van der Waals surface area contributed by atoms with Crippen LogP contribution < -0.4 is 9.47 Å². The fourth-order valence-electron chi connectivity index (χ4n) is 3.97. The van der Waals surface area contributed by atoms with Crippen molar-refractivity contribution in [3.05, 3.63) is 23.8 Å². The Hall–Kier alpha value is -1.34. The van der Waals surface area contributed by atoms with Crippen LogP contribution in [0.1, 0.15) is 31.2 Å². The molecule has 0 aliphatic carbocycles. The van der Waals surface area contributed by atoms with Crippen molar-refractivity contribution >= 4 is 0 Å². The second-order valence-corrected chi connectivity index (χ2v) is 7.72. The van der Waals surface area contributed by atoms with E-state index in [-0.39, 0.29) is 6.61 Å². The van der Waals surface area contributed by atoms with E-state index in [1.54, 1.807) is 7.11 Å². The van der Waals surface area contributed by atoms with Gasteiger partial charge in [-0.25, -0.2) is 0 Å². The molecule has 0 bridgehead atoms. The number of ether oxygens (including phenoxy) is 3. The van der Waals surface area contributed by atoms with Crippen molar-refractivity contribution in [2.24, 2.45) is 0 Å². The Morgan fingerprint density at radius 3 is 2.67 bits per heavy atom. The number of hydrogen-bond donors (Lipinski definition) is 1. The average Bonchev–Trinajstić information content (AvgIpc) is 3.20. The monoisotopic (exact) mass is 378 g/mol. The molecule has 6 heteroatoms. The number of rotatable bonds is 9. The Labute approximate surface area is 163 Å². The molecule has 6 nitrogen and oxygen atoms in total. The molecule has 2 aliphatic rings. The first-order chi connectivity index (χ1) is 13.2. The van der Waals surface area contributed by atoms with Crippen LogP contribution in [0.3, 0.4) is 0 Å². The zero-order valence-corrected chi connectivity index (χ0v) is 16.7. The summed E-state index contributed by atoms with van der Waals surface area (Å²) in [6, 6.07) is 6.65. The third-order valence-electron chi connectivity index (χ3n) is 5.57. The van der Waals surface area contributed by atoms with Gasteiger partial charge < -0.3 is 24.2 Å². The lowest BCUT2D eigenvalue weighted by molar-refractivity contribution is 0.0406. The van der Waals surface area contributed by atoms with E-state index in [9.17, 15) is 5.11 Å². The molecular weight excluding hydrogens is 344 g/mol. The highest BCUT2D eigenvalue weighted by Crippen LogP contribution is 2.29. The van der Waals surface area contributed by atoms with Crippen LogP contribution in [0, 0.1) is 0 Å². The molecule has 2 aliphatic heterocycles. The molecule has 2 heterocycles. The molecule has 0 unspecified atom stereocenters. The zero-order valence-electron chi connectivity index (χ0n) is 16.7. The highest BCUT2D eigenvalue weighted by atomic mass is 16.5. The van der Waals surface area contributed by atoms with Crippen LogP contribution in [0.25, 0.3) is 0 Å². The molecule has 152 valence electrons. The molecule has 0 saturated carbocycles. The molecule has 2 fully saturated rings. The van der Waals surface area contributed by atoms with E-state index in [4.69, 9.17) is 14.2 Å². The van der Waals surface area contributed by atoms with Gasteiger partial charge in [0, 0.05) is 32.3 Å². The maximum absolute atomic E-state index is 10.2. The number of aliphatic hydroxyl groups excluding tert-OH is 1. The Kier molecular flexibility index (Phi) is 7.76. The topological polar surface area (TPSA) is 54.4 Å². The second-order valence-electron chi connectivity index (χ2n) is 7.72. The van der Waals surface area contributed by atoms with E-state index in [1.165, 1.54) is 18.4 Å². The first-order valence-corrected chi connectivity index (χ1v) is 10.1. The maximum Gasteiger partial charge on any atom is 0.161 e. The smallest absolute Gasteiger partial charge is 0.161 e. The van der Waals surface area contributed by atoms with Gasteiger partial charge in [-0.05, 0) is 63.5 Å². The predicted octanol–water partition coefficient (Wildman–Crippen LogP) is 2.14. The van der Waals surface area contributed by atoms with Crippen LogP contribution in [0.15, 0.2) is 18.2 Å². The quantitative estimate of drug-likeness (QED) is 0.711. The van der Waals surface area contributed by atoms with Crippen LogP contribution in [0.5, 0.6) is 11.5 Å². The number of β-amino-alcohol motifs (C(OH)–C–C–N with tert-alkyl or cyclic N) is 1. The molecule has 0 spiro atoms. The van der Waals surface area contributed by atoms with E-state index >= 15 is 0 Å². The lowest BCUT2D eigenvalue weighted by atomic mass is 10.1. The van der Waals surface area contributed by atoms with Crippen molar-refractivity contribution in [2.75, 3.05) is 53.6 Å². The molecule has 2 saturated heterocycles. The van der Waals surface area contributed by atoms with Gasteiger partial charge in [0.2, 0.25) is 0 Å². The van der Waals surface area contributed by atoms with E-state index < -0.39 is 6.10 Å².